The first-order valence-corrected chi connectivity index (χ1v) is 10.2. The number of nitrogens with one attached hydrogen (secondary N) is 1. The number of carbonyl (C=O) groups is 2. The number of benzene rings is 1. The van der Waals surface area contributed by atoms with E-state index in [1.165, 1.54) is 6.33 Å². The van der Waals surface area contributed by atoms with Crippen LogP contribution in [0, 0.1) is 5.92 Å². The summed E-state index contributed by atoms with van der Waals surface area (Å²) in [4.78, 5) is 30.5. The van der Waals surface area contributed by atoms with Gasteiger partial charge in [-0.2, -0.15) is 5.10 Å². The number of hydrogen-bond acceptors (Lipinski definition) is 5. The molecular weight excluding hydrogens is 394 g/mol. The lowest BCUT2D eigenvalue weighted by Crippen LogP contribution is -2.40. The quantitative estimate of drug-likeness (QED) is 0.710. The number of aromatic nitrogens is 3. The summed E-state index contributed by atoms with van der Waals surface area (Å²) in [5, 5.41) is 7.35. The van der Waals surface area contributed by atoms with Crippen molar-refractivity contribution < 1.29 is 14.3 Å². The molecule has 1 unspecified atom stereocenters. The molecule has 1 N–H and O–H groups in total. The minimum atomic E-state index is -0.0548. The van der Waals surface area contributed by atoms with E-state index in [9.17, 15) is 9.59 Å². The van der Waals surface area contributed by atoms with Gasteiger partial charge in [-0.1, -0.05) is 11.6 Å². The van der Waals surface area contributed by atoms with Crippen LogP contribution in [0.4, 0.5) is 5.69 Å². The van der Waals surface area contributed by atoms with Crippen LogP contribution in [0.2, 0.25) is 5.02 Å². The summed E-state index contributed by atoms with van der Waals surface area (Å²) in [5.74, 6) is 0.980. The second kappa shape index (κ2) is 10.2. The van der Waals surface area contributed by atoms with E-state index in [4.69, 9.17) is 16.3 Å². The van der Waals surface area contributed by atoms with Gasteiger partial charge in [-0.05, 0) is 43.4 Å². The molecule has 2 amide bonds. The summed E-state index contributed by atoms with van der Waals surface area (Å²) < 4.78 is 6.78. The van der Waals surface area contributed by atoms with E-state index >= 15 is 0 Å². The zero-order chi connectivity index (χ0) is 20.6. The van der Waals surface area contributed by atoms with Crippen molar-refractivity contribution in [3.8, 4) is 5.75 Å². The van der Waals surface area contributed by atoms with Crippen molar-refractivity contribution >= 4 is 29.1 Å². The van der Waals surface area contributed by atoms with E-state index in [0.717, 1.165) is 25.8 Å². The van der Waals surface area contributed by atoms with Gasteiger partial charge < -0.3 is 15.0 Å². The lowest BCUT2D eigenvalue weighted by atomic mass is 9.93. The van der Waals surface area contributed by atoms with Crippen LogP contribution in [0.3, 0.4) is 0 Å². The van der Waals surface area contributed by atoms with Crippen molar-refractivity contribution in [2.75, 3.05) is 25.5 Å². The third kappa shape index (κ3) is 6.19. The van der Waals surface area contributed by atoms with Crippen LogP contribution in [0.25, 0.3) is 0 Å². The molecule has 1 fully saturated rings. The Labute approximate surface area is 175 Å². The molecule has 0 saturated carbocycles. The van der Waals surface area contributed by atoms with Gasteiger partial charge in [-0.15, -0.1) is 0 Å². The SMILES string of the molecule is COc1ccc(NC(=O)CCC2CCCN(C(=O)CCn3cncn3)C2)cc1Cl. The van der Waals surface area contributed by atoms with Crippen LogP contribution in [-0.2, 0) is 16.1 Å². The number of rotatable bonds is 8. The Hall–Kier alpha value is -2.61. The number of likely N-dealkylation sites (tertiary alicyclic amines) is 1. The van der Waals surface area contributed by atoms with Crippen LogP contribution in [0.1, 0.15) is 32.1 Å². The van der Waals surface area contributed by atoms with Crippen LogP contribution < -0.4 is 10.1 Å². The Morgan fingerprint density at radius 1 is 1.34 bits per heavy atom. The molecule has 3 rings (SSSR count). The molecule has 1 atom stereocenters. The third-order valence-electron chi connectivity index (χ3n) is 5.11. The van der Waals surface area contributed by atoms with Crippen molar-refractivity contribution in [3.05, 3.63) is 35.9 Å². The summed E-state index contributed by atoms with van der Waals surface area (Å²) in [7, 11) is 1.55. The molecule has 8 nitrogen and oxygen atoms in total. The molecule has 0 aliphatic carbocycles. The molecular formula is C20H26ClN5O3. The first-order valence-electron chi connectivity index (χ1n) is 9.78. The van der Waals surface area contributed by atoms with E-state index < -0.39 is 0 Å². The maximum absolute atomic E-state index is 12.5. The Kier molecular flexibility index (Phi) is 7.46. The largest absolute Gasteiger partial charge is 0.495 e. The maximum Gasteiger partial charge on any atom is 0.224 e. The molecule has 2 heterocycles. The number of hydrogen-bond donors (Lipinski definition) is 1. The fourth-order valence-electron chi connectivity index (χ4n) is 3.55. The number of amides is 2. The molecule has 29 heavy (non-hydrogen) atoms. The van der Waals surface area contributed by atoms with Crippen LogP contribution in [0.15, 0.2) is 30.9 Å². The van der Waals surface area contributed by atoms with Crippen molar-refractivity contribution in [2.45, 2.75) is 38.6 Å². The van der Waals surface area contributed by atoms with Gasteiger partial charge in [-0.25, -0.2) is 4.98 Å². The van der Waals surface area contributed by atoms with Crippen LogP contribution in [0.5, 0.6) is 5.75 Å². The van der Waals surface area contributed by atoms with Gasteiger partial charge in [0, 0.05) is 31.6 Å². The standard InChI is InChI=1S/C20H26ClN5O3/c1-29-18-6-5-16(11-17(18)21)24-19(27)7-4-15-3-2-9-25(12-15)20(28)8-10-26-14-22-13-23-26/h5-6,11,13-15H,2-4,7-10,12H2,1H3,(H,24,27). The van der Waals surface area contributed by atoms with E-state index in [1.807, 2.05) is 4.90 Å². The minimum Gasteiger partial charge on any atom is -0.495 e. The van der Waals surface area contributed by atoms with Crippen LogP contribution in [-0.4, -0.2) is 51.7 Å². The molecule has 1 aliphatic heterocycles. The second-order valence-electron chi connectivity index (χ2n) is 7.19. The zero-order valence-electron chi connectivity index (χ0n) is 16.5. The molecule has 0 spiro atoms. The highest BCUT2D eigenvalue weighted by Crippen LogP contribution is 2.27. The van der Waals surface area contributed by atoms with Crippen molar-refractivity contribution in [1.29, 1.82) is 0 Å². The predicted molar refractivity (Wildman–Crippen MR) is 110 cm³/mol. The lowest BCUT2D eigenvalue weighted by molar-refractivity contribution is -0.133. The molecule has 1 aliphatic rings. The number of aryl methyl sites for hydroxylation is 1. The van der Waals surface area contributed by atoms with Gasteiger partial charge in [0.1, 0.15) is 18.4 Å². The molecule has 2 aromatic rings. The van der Waals surface area contributed by atoms with Crippen molar-refractivity contribution in [1.82, 2.24) is 19.7 Å². The molecule has 0 radical (unpaired) electrons. The minimum absolute atomic E-state index is 0.0548. The number of nitrogens with zero attached hydrogens (tertiary/aromatic N) is 4. The molecule has 1 aromatic heterocycles. The Morgan fingerprint density at radius 2 is 2.21 bits per heavy atom. The summed E-state index contributed by atoms with van der Waals surface area (Å²) in [6.07, 6.45) is 6.66. The normalized spacial score (nSPS) is 16.5. The second-order valence-corrected chi connectivity index (χ2v) is 7.60. The topological polar surface area (TPSA) is 89.4 Å². The average molecular weight is 420 g/mol. The van der Waals surface area contributed by atoms with E-state index in [1.54, 1.807) is 36.3 Å². The number of carbonyl (C=O) groups excluding carboxylic acids is 2. The molecule has 1 aromatic carbocycles. The summed E-state index contributed by atoms with van der Waals surface area (Å²) in [6, 6.07) is 5.16. The van der Waals surface area contributed by atoms with Crippen molar-refractivity contribution in [2.24, 2.45) is 5.92 Å². The summed E-state index contributed by atoms with van der Waals surface area (Å²) in [5.41, 5.74) is 0.648. The average Bonchev–Trinajstić information content (AvgIpc) is 3.24. The van der Waals surface area contributed by atoms with Gasteiger partial charge in [0.25, 0.3) is 0 Å². The van der Waals surface area contributed by atoms with Gasteiger partial charge in [0.15, 0.2) is 0 Å². The van der Waals surface area contributed by atoms with E-state index in [-0.39, 0.29) is 11.8 Å². The first kappa shape index (κ1) is 21.1. The molecule has 156 valence electrons. The smallest absolute Gasteiger partial charge is 0.224 e. The van der Waals surface area contributed by atoms with Gasteiger partial charge in [-0.3, -0.25) is 14.3 Å². The molecule has 0 bridgehead atoms. The maximum atomic E-state index is 12.5. The third-order valence-corrected chi connectivity index (χ3v) is 5.40. The summed E-state index contributed by atoms with van der Waals surface area (Å²) >= 11 is 6.09. The number of anilines is 1. The Bertz CT molecular complexity index is 828. The number of halogens is 1. The summed E-state index contributed by atoms with van der Waals surface area (Å²) in [6.45, 7) is 2.02. The Balaban J connectivity index is 1.42. The fourth-order valence-corrected chi connectivity index (χ4v) is 3.80. The number of piperidine rings is 1. The lowest BCUT2D eigenvalue weighted by Gasteiger charge is -2.33. The highest BCUT2D eigenvalue weighted by Gasteiger charge is 2.24. The van der Waals surface area contributed by atoms with Gasteiger partial charge >= 0.3 is 0 Å². The zero-order valence-corrected chi connectivity index (χ0v) is 17.3. The predicted octanol–water partition coefficient (Wildman–Crippen LogP) is 2.99. The molecule has 1 saturated heterocycles. The van der Waals surface area contributed by atoms with Gasteiger partial charge in [0.05, 0.1) is 18.7 Å². The van der Waals surface area contributed by atoms with Gasteiger partial charge in [0.2, 0.25) is 11.8 Å². The fraction of sp³-hybridized carbons (Fsp3) is 0.500. The van der Waals surface area contributed by atoms with Crippen LogP contribution >= 0.6 is 11.6 Å². The first-order chi connectivity index (χ1) is 14.0. The van der Waals surface area contributed by atoms with E-state index in [2.05, 4.69) is 15.4 Å². The van der Waals surface area contributed by atoms with E-state index in [0.29, 0.717) is 48.3 Å². The number of ether oxygens (including phenoxy) is 1. The number of methoxy groups -OCH3 is 1. The van der Waals surface area contributed by atoms with Crippen molar-refractivity contribution in [3.63, 3.8) is 0 Å². The Morgan fingerprint density at radius 3 is 2.93 bits per heavy atom. The highest BCUT2D eigenvalue weighted by atomic mass is 35.5. The monoisotopic (exact) mass is 419 g/mol. The molecule has 9 heteroatoms. The highest BCUT2D eigenvalue weighted by molar-refractivity contribution is 6.32.